The first-order chi connectivity index (χ1) is 11.4. The normalized spacial score (nSPS) is 20.6. The number of rotatable bonds is 4. The second kappa shape index (κ2) is 7.12. The van der Waals surface area contributed by atoms with E-state index >= 15 is 0 Å². The molecule has 2 rings (SSSR count). The van der Waals surface area contributed by atoms with Gasteiger partial charge in [0.25, 0.3) is 0 Å². The van der Waals surface area contributed by atoms with Crippen molar-refractivity contribution in [1.82, 2.24) is 4.90 Å². The SMILES string of the molecule is CC(C)(C)OC(=O)N1[C@H](CC[Si](C)(C)c2ccccc2)COC1(C)C. The van der Waals surface area contributed by atoms with Crippen molar-refractivity contribution < 1.29 is 14.3 Å². The molecule has 0 unspecified atom stereocenters. The van der Waals surface area contributed by atoms with Crippen molar-refractivity contribution in [2.45, 2.75) is 77.5 Å². The molecule has 1 aromatic carbocycles. The van der Waals surface area contributed by atoms with Crippen LogP contribution < -0.4 is 5.19 Å². The number of carbonyl (C=O) groups excluding carboxylic acids is 1. The lowest BCUT2D eigenvalue weighted by molar-refractivity contribution is -0.0625. The van der Waals surface area contributed by atoms with Crippen LogP contribution in [-0.4, -0.2) is 43.0 Å². The Hall–Kier alpha value is -1.33. The van der Waals surface area contributed by atoms with Gasteiger partial charge in [-0.25, -0.2) is 4.79 Å². The van der Waals surface area contributed by atoms with Gasteiger partial charge in [0.15, 0.2) is 0 Å². The molecule has 0 N–H and O–H groups in total. The van der Waals surface area contributed by atoms with E-state index in [1.165, 1.54) is 5.19 Å². The lowest BCUT2D eigenvalue weighted by atomic mass is 10.1. The fourth-order valence-electron chi connectivity index (χ4n) is 3.34. The van der Waals surface area contributed by atoms with Gasteiger partial charge in [-0.05, 0) is 41.0 Å². The fraction of sp³-hybridized carbons (Fsp3) is 0.650. The van der Waals surface area contributed by atoms with Gasteiger partial charge in [0, 0.05) is 0 Å². The molecule has 1 saturated heterocycles. The molecular weight excluding hydrogens is 330 g/mol. The first-order valence-electron chi connectivity index (χ1n) is 9.14. The second-order valence-electron chi connectivity index (χ2n) is 9.05. The van der Waals surface area contributed by atoms with E-state index in [-0.39, 0.29) is 12.1 Å². The van der Waals surface area contributed by atoms with Crippen molar-refractivity contribution in [2.75, 3.05) is 6.61 Å². The molecule has 1 aliphatic rings. The van der Waals surface area contributed by atoms with Gasteiger partial charge in [0.1, 0.15) is 11.3 Å². The van der Waals surface area contributed by atoms with E-state index in [4.69, 9.17) is 9.47 Å². The van der Waals surface area contributed by atoms with Crippen LogP contribution in [0.5, 0.6) is 0 Å². The lowest BCUT2D eigenvalue weighted by Gasteiger charge is -2.36. The highest BCUT2D eigenvalue weighted by Gasteiger charge is 2.45. The van der Waals surface area contributed by atoms with Crippen molar-refractivity contribution in [3.05, 3.63) is 30.3 Å². The molecule has 5 heteroatoms. The van der Waals surface area contributed by atoms with Crippen LogP contribution in [-0.2, 0) is 9.47 Å². The predicted octanol–water partition coefficient (Wildman–Crippen LogP) is 4.36. The molecule has 1 amide bonds. The molecule has 1 aromatic rings. The van der Waals surface area contributed by atoms with Gasteiger partial charge in [-0.3, -0.25) is 4.90 Å². The Morgan fingerprint density at radius 2 is 1.88 bits per heavy atom. The van der Waals surface area contributed by atoms with Crippen LogP contribution in [0.1, 0.15) is 41.0 Å². The molecule has 1 aliphatic heterocycles. The van der Waals surface area contributed by atoms with E-state index in [9.17, 15) is 4.79 Å². The lowest BCUT2D eigenvalue weighted by Crippen LogP contribution is -2.50. The van der Waals surface area contributed by atoms with E-state index in [0.29, 0.717) is 6.61 Å². The van der Waals surface area contributed by atoms with Gasteiger partial charge in [-0.15, -0.1) is 0 Å². The average molecular weight is 364 g/mol. The van der Waals surface area contributed by atoms with Crippen LogP contribution in [0.15, 0.2) is 30.3 Å². The van der Waals surface area contributed by atoms with Gasteiger partial charge < -0.3 is 9.47 Å². The summed E-state index contributed by atoms with van der Waals surface area (Å²) in [6, 6.07) is 11.9. The summed E-state index contributed by atoms with van der Waals surface area (Å²) in [6.45, 7) is 14.9. The summed E-state index contributed by atoms with van der Waals surface area (Å²) in [5.74, 6) is 0. The third-order valence-electron chi connectivity index (χ3n) is 4.82. The van der Waals surface area contributed by atoms with Gasteiger partial charge in [0.2, 0.25) is 0 Å². The predicted molar refractivity (Wildman–Crippen MR) is 105 cm³/mol. The summed E-state index contributed by atoms with van der Waals surface area (Å²) in [6.07, 6.45) is 0.663. The van der Waals surface area contributed by atoms with Gasteiger partial charge in [-0.1, -0.05) is 54.7 Å². The number of benzene rings is 1. The van der Waals surface area contributed by atoms with Crippen LogP contribution in [0.25, 0.3) is 0 Å². The number of ether oxygens (including phenoxy) is 2. The quantitative estimate of drug-likeness (QED) is 0.746. The maximum Gasteiger partial charge on any atom is 0.412 e. The Morgan fingerprint density at radius 3 is 2.44 bits per heavy atom. The van der Waals surface area contributed by atoms with E-state index in [2.05, 4.69) is 43.4 Å². The topological polar surface area (TPSA) is 38.8 Å². The van der Waals surface area contributed by atoms with Crippen LogP contribution in [0.3, 0.4) is 0 Å². The van der Waals surface area contributed by atoms with E-state index in [1.807, 2.05) is 34.6 Å². The Morgan fingerprint density at radius 1 is 1.28 bits per heavy atom. The molecule has 0 aliphatic carbocycles. The maximum atomic E-state index is 12.7. The van der Waals surface area contributed by atoms with Crippen LogP contribution in [0, 0.1) is 0 Å². The highest BCUT2D eigenvalue weighted by molar-refractivity contribution is 6.89. The van der Waals surface area contributed by atoms with Gasteiger partial charge in [0.05, 0.1) is 20.7 Å². The Labute approximate surface area is 153 Å². The Kier molecular flexibility index (Phi) is 5.69. The van der Waals surface area contributed by atoms with Crippen molar-refractivity contribution in [1.29, 1.82) is 0 Å². The minimum atomic E-state index is -1.54. The number of amides is 1. The van der Waals surface area contributed by atoms with E-state index in [1.54, 1.807) is 4.90 Å². The third-order valence-corrected chi connectivity index (χ3v) is 8.26. The summed E-state index contributed by atoms with van der Waals surface area (Å²) in [5.41, 5.74) is -1.12. The summed E-state index contributed by atoms with van der Waals surface area (Å²) < 4.78 is 11.5. The average Bonchev–Trinajstić information content (AvgIpc) is 2.79. The summed E-state index contributed by atoms with van der Waals surface area (Å²) in [5, 5.41) is 1.46. The molecule has 0 saturated carbocycles. The second-order valence-corrected chi connectivity index (χ2v) is 13.9. The van der Waals surface area contributed by atoms with Gasteiger partial charge >= 0.3 is 6.09 Å². The Bertz CT molecular complexity index is 593. The summed E-state index contributed by atoms with van der Waals surface area (Å²) in [7, 11) is -1.54. The minimum absolute atomic E-state index is 0.0698. The molecule has 25 heavy (non-hydrogen) atoms. The molecule has 1 fully saturated rings. The number of nitrogens with zero attached hydrogens (tertiary/aromatic N) is 1. The monoisotopic (exact) mass is 363 g/mol. The largest absolute Gasteiger partial charge is 0.444 e. The zero-order valence-corrected chi connectivity index (χ0v) is 17.8. The first-order valence-corrected chi connectivity index (χ1v) is 12.3. The molecule has 0 spiro atoms. The summed E-state index contributed by atoms with van der Waals surface area (Å²) in [4.78, 5) is 14.5. The third kappa shape index (κ3) is 5.08. The van der Waals surface area contributed by atoms with E-state index in [0.717, 1.165) is 12.5 Å². The standard InChI is InChI=1S/C20H33NO3Si/c1-19(2,3)24-18(22)21-16(15-23-20(21,4)5)13-14-25(6,7)17-11-9-8-10-12-17/h8-12,16H,13-15H2,1-7H3/t16-/m1/s1. The number of hydrogen-bond donors (Lipinski definition) is 0. The van der Waals surface area contributed by atoms with Gasteiger partial charge in [-0.2, -0.15) is 0 Å². The highest BCUT2D eigenvalue weighted by atomic mass is 28.3. The smallest absolute Gasteiger partial charge is 0.412 e. The minimum Gasteiger partial charge on any atom is -0.444 e. The molecule has 4 nitrogen and oxygen atoms in total. The summed E-state index contributed by atoms with van der Waals surface area (Å²) >= 11 is 0. The first kappa shape index (κ1) is 20.0. The Balaban J connectivity index is 2.08. The molecule has 0 bridgehead atoms. The molecule has 0 radical (unpaired) electrons. The zero-order valence-electron chi connectivity index (χ0n) is 16.8. The fourth-order valence-corrected chi connectivity index (χ4v) is 5.78. The molecular formula is C20H33NO3Si. The molecule has 0 aromatic heterocycles. The van der Waals surface area contributed by atoms with E-state index < -0.39 is 19.4 Å². The van der Waals surface area contributed by atoms with Crippen molar-refractivity contribution in [3.8, 4) is 0 Å². The van der Waals surface area contributed by atoms with Crippen molar-refractivity contribution in [2.24, 2.45) is 0 Å². The van der Waals surface area contributed by atoms with Crippen molar-refractivity contribution >= 4 is 19.4 Å². The number of hydrogen-bond acceptors (Lipinski definition) is 3. The van der Waals surface area contributed by atoms with Crippen LogP contribution >= 0.6 is 0 Å². The molecule has 1 heterocycles. The van der Waals surface area contributed by atoms with Crippen LogP contribution in [0.4, 0.5) is 4.79 Å². The zero-order chi connectivity index (χ0) is 18.9. The maximum absolute atomic E-state index is 12.7. The van der Waals surface area contributed by atoms with Crippen molar-refractivity contribution in [3.63, 3.8) is 0 Å². The molecule has 1 atom stereocenters. The number of carbonyl (C=O) groups is 1. The van der Waals surface area contributed by atoms with Crippen LogP contribution in [0.2, 0.25) is 19.1 Å². The highest BCUT2D eigenvalue weighted by Crippen LogP contribution is 2.32. The molecule has 140 valence electrons.